The molecule has 266 valence electrons. The van der Waals surface area contributed by atoms with Crippen LogP contribution in [0.2, 0.25) is 0 Å². The van der Waals surface area contributed by atoms with Crippen LogP contribution in [-0.2, 0) is 21.4 Å². The normalized spacial score (nSPS) is 12.6. The first-order valence-electron chi connectivity index (χ1n) is 17.4. The maximum absolute atomic E-state index is 13.2. The molecule has 2 atom stereocenters. The molecule has 0 spiro atoms. The van der Waals surface area contributed by atoms with Crippen LogP contribution in [0.25, 0.3) is 22.5 Å². The summed E-state index contributed by atoms with van der Waals surface area (Å²) in [7, 11) is 0. The number of nitrogens with one attached hydrogen (secondary N) is 2. The molecule has 2 heterocycles. The molecule has 10 heteroatoms. The third kappa shape index (κ3) is 10.5. The van der Waals surface area contributed by atoms with Gasteiger partial charge in [-0.2, -0.15) is 0 Å². The van der Waals surface area contributed by atoms with Gasteiger partial charge in [-0.05, 0) is 79.1 Å². The van der Waals surface area contributed by atoms with Gasteiger partial charge in [0.05, 0.1) is 11.5 Å². The maximum atomic E-state index is 13.2. The Hall–Kier alpha value is -4.57. The molecule has 0 bridgehead atoms. The Bertz CT molecular complexity index is 1740. The number of thiophene rings is 1. The van der Waals surface area contributed by atoms with Crippen molar-refractivity contribution in [3.05, 3.63) is 87.4 Å². The first-order chi connectivity index (χ1) is 23.8. The Balaban J connectivity index is 1.45. The van der Waals surface area contributed by atoms with Crippen molar-refractivity contribution in [3.8, 4) is 28.3 Å². The summed E-state index contributed by atoms with van der Waals surface area (Å²) in [6, 6.07) is 13.2. The fourth-order valence-corrected chi connectivity index (χ4v) is 6.63. The molecule has 0 aliphatic carbocycles. The average molecular weight is 699 g/mol. The zero-order valence-corrected chi connectivity index (χ0v) is 31.1. The number of carboxylic acid groups (broad SMARTS) is 1. The van der Waals surface area contributed by atoms with E-state index in [0.29, 0.717) is 10.7 Å². The number of carbonyl (C=O) groups excluding carboxylic acids is 2. The number of hydrogen-bond acceptors (Lipinski definition) is 7. The highest BCUT2D eigenvalue weighted by Crippen LogP contribution is 2.32. The van der Waals surface area contributed by atoms with Gasteiger partial charge in [-0.25, -0.2) is 9.97 Å². The maximum Gasteiger partial charge on any atom is 0.325 e. The lowest BCUT2D eigenvalue weighted by molar-refractivity contribution is -0.141. The predicted octanol–water partition coefficient (Wildman–Crippen LogP) is 8.07. The van der Waals surface area contributed by atoms with E-state index in [2.05, 4.69) is 74.3 Å². The first-order valence-corrected chi connectivity index (χ1v) is 18.2. The molecule has 0 aliphatic rings. The van der Waals surface area contributed by atoms with Crippen LogP contribution < -0.4 is 15.4 Å². The third-order valence-corrected chi connectivity index (χ3v) is 10.0. The number of carbonyl (C=O) groups is 3. The summed E-state index contributed by atoms with van der Waals surface area (Å²) in [6.45, 7) is 14.7. The Morgan fingerprint density at radius 2 is 1.52 bits per heavy atom. The van der Waals surface area contributed by atoms with Crippen molar-refractivity contribution in [3.63, 3.8) is 0 Å². The zero-order valence-electron chi connectivity index (χ0n) is 30.3. The standard InChI is InChI=1S/C40H50N4O5S/c1-8-9-10-11-12-19-49-31-20-25(2)35(26(3)21-31)30-23-41-36(42-24-30)29-15-13-28(14-16-29)22-32(37(45)43-27(4)39(47)48)44-38(46)33-17-18-34(50-33)40(5,6)7/h13-18,20-21,23-24,27,32H,8-12,19,22H2,1-7H3,(H,43,45)(H,44,46)(H,47,48). The molecule has 4 aromatic rings. The average Bonchev–Trinajstić information content (AvgIpc) is 3.58. The van der Waals surface area contributed by atoms with Gasteiger partial charge in [-0.15, -0.1) is 11.3 Å². The van der Waals surface area contributed by atoms with Gasteiger partial charge in [0.25, 0.3) is 5.91 Å². The quantitative estimate of drug-likeness (QED) is 0.101. The second-order valence-corrected chi connectivity index (χ2v) is 15.0. The monoisotopic (exact) mass is 698 g/mol. The Morgan fingerprint density at radius 1 is 0.880 bits per heavy atom. The number of aryl methyl sites for hydroxylation is 2. The van der Waals surface area contributed by atoms with Gasteiger partial charge in [-0.3, -0.25) is 14.4 Å². The molecular weight excluding hydrogens is 649 g/mol. The van der Waals surface area contributed by atoms with Crippen molar-refractivity contribution in [1.29, 1.82) is 0 Å². The van der Waals surface area contributed by atoms with Crippen LogP contribution >= 0.6 is 11.3 Å². The minimum atomic E-state index is -1.16. The summed E-state index contributed by atoms with van der Waals surface area (Å²) in [6.07, 6.45) is 9.82. The fourth-order valence-electron chi connectivity index (χ4n) is 5.67. The molecular formula is C40H50N4O5S. The van der Waals surface area contributed by atoms with Crippen LogP contribution in [0.1, 0.15) is 98.0 Å². The van der Waals surface area contributed by atoms with Gasteiger partial charge in [0, 0.05) is 34.8 Å². The van der Waals surface area contributed by atoms with E-state index in [-0.39, 0.29) is 17.7 Å². The minimum Gasteiger partial charge on any atom is -0.494 e. The van der Waals surface area contributed by atoms with Crippen LogP contribution in [0.3, 0.4) is 0 Å². The number of hydrogen-bond donors (Lipinski definition) is 3. The van der Waals surface area contributed by atoms with E-state index in [1.807, 2.05) is 42.7 Å². The summed E-state index contributed by atoms with van der Waals surface area (Å²) >= 11 is 1.38. The molecule has 2 aromatic carbocycles. The molecule has 0 aliphatic heterocycles. The number of benzene rings is 2. The third-order valence-electron chi connectivity index (χ3n) is 8.54. The highest BCUT2D eigenvalue weighted by molar-refractivity contribution is 7.14. The summed E-state index contributed by atoms with van der Waals surface area (Å²) in [4.78, 5) is 48.6. The Kier molecular flexibility index (Phi) is 13.3. The highest BCUT2D eigenvalue weighted by atomic mass is 32.1. The van der Waals surface area contributed by atoms with Gasteiger partial charge >= 0.3 is 5.97 Å². The van der Waals surface area contributed by atoms with Crippen LogP contribution in [-0.4, -0.2) is 51.5 Å². The Labute approximate surface area is 299 Å². The zero-order chi connectivity index (χ0) is 36.4. The second kappa shape index (κ2) is 17.4. The Morgan fingerprint density at radius 3 is 2.10 bits per heavy atom. The van der Waals surface area contributed by atoms with Crippen molar-refractivity contribution >= 4 is 29.1 Å². The molecule has 0 fully saturated rings. The predicted molar refractivity (Wildman–Crippen MR) is 200 cm³/mol. The van der Waals surface area contributed by atoms with Gasteiger partial charge in [0.15, 0.2) is 5.82 Å². The molecule has 0 saturated heterocycles. The lowest BCUT2D eigenvalue weighted by Gasteiger charge is -2.20. The van der Waals surface area contributed by atoms with Gasteiger partial charge in [0.2, 0.25) is 5.91 Å². The number of aromatic nitrogens is 2. The van der Waals surface area contributed by atoms with E-state index < -0.39 is 24.0 Å². The molecule has 4 rings (SSSR count). The van der Waals surface area contributed by atoms with E-state index in [4.69, 9.17) is 4.74 Å². The summed E-state index contributed by atoms with van der Waals surface area (Å²) < 4.78 is 6.04. The SMILES string of the molecule is CCCCCCCOc1cc(C)c(-c2cnc(-c3ccc(CC(NC(=O)c4ccc(C(C)(C)C)s4)C(=O)NC(C)C(=O)O)cc3)nc2)c(C)c1. The fraction of sp³-hybridized carbons (Fsp3) is 0.425. The molecule has 2 unspecified atom stereocenters. The number of ether oxygens (including phenoxy) is 1. The molecule has 50 heavy (non-hydrogen) atoms. The lowest BCUT2D eigenvalue weighted by atomic mass is 9.95. The first kappa shape index (κ1) is 38.2. The summed E-state index contributed by atoms with van der Waals surface area (Å²) in [5, 5.41) is 14.7. The van der Waals surface area contributed by atoms with E-state index in [1.165, 1.54) is 43.9 Å². The van der Waals surface area contributed by atoms with Crippen LogP contribution in [0.4, 0.5) is 0 Å². The van der Waals surface area contributed by atoms with E-state index in [1.54, 1.807) is 6.07 Å². The molecule has 9 nitrogen and oxygen atoms in total. The molecule has 0 radical (unpaired) electrons. The number of nitrogens with zero attached hydrogens (tertiary/aromatic N) is 2. The highest BCUT2D eigenvalue weighted by Gasteiger charge is 2.26. The molecule has 2 aromatic heterocycles. The smallest absolute Gasteiger partial charge is 0.325 e. The molecule has 3 N–H and O–H groups in total. The van der Waals surface area contributed by atoms with E-state index in [0.717, 1.165) is 57.0 Å². The van der Waals surface area contributed by atoms with Gasteiger partial charge in [0.1, 0.15) is 17.8 Å². The van der Waals surface area contributed by atoms with E-state index >= 15 is 0 Å². The van der Waals surface area contributed by atoms with Crippen molar-refractivity contribution in [2.75, 3.05) is 6.61 Å². The van der Waals surface area contributed by atoms with Crippen molar-refractivity contribution in [2.24, 2.45) is 0 Å². The largest absolute Gasteiger partial charge is 0.494 e. The van der Waals surface area contributed by atoms with Gasteiger partial charge in [-0.1, -0.05) is 77.6 Å². The number of aliphatic carboxylic acids is 1. The van der Waals surface area contributed by atoms with Crippen molar-refractivity contribution < 1.29 is 24.2 Å². The van der Waals surface area contributed by atoms with Crippen molar-refractivity contribution in [1.82, 2.24) is 20.6 Å². The van der Waals surface area contributed by atoms with Gasteiger partial charge < -0.3 is 20.5 Å². The summed E-state index contributed by atoms with van der Waals surface area (Å²) in [5.41, 5.74) is 5.68. The topological polar surface area (TPSA) is 131 Å². The molecule has 2 amide bonds. The van der Waals surface area contributed by atoms with Crippen LogP contribution in [0, 0.1) is 13.8 Å². The minimum absolute atomic E-state index is 0.117. The number of amides is 2. The summed E-state index contributed by atoms with van der Waals surface area (Å²) in [5.74, 6) is -0.676. The lowest BCUT2D eigenvalue weighted by Crippen LogP contribution is -2.51. The van der Waals surface area contributed by atoms with Crippen LogP contribution in [0.15, 0.2) is 60.9 Å². The van der Waals surface area contributed by atoms with Crippen molar-refractivity contribution in [2.45, 2.75) is 104 Å². The van der Waals surface area contributed by atoms with E-state index in [9.17, 15) is 19.5 Å². The number of rotatable bonds is 16. The number of carboxylic acids is 1. The molecule has 0 saturated carbocycles. The number of unbranched alkanes of at least 4 members (excludes halogenated alkanes) is 4. The second-order valence-electron chi connectivity index (χ2n) is 13.9. The van der Waals surface area contributed by atoms with Crippen LogP contribution in [0.5, 0.6) is 5.75 Å².